The third-order valence-electron chi connectivity index (χ3n) is 4.53. The molecule has 3 rings (SSSR count). The second-order valence-electron chi connectivity index (χ2n) is 6.70. The van der Waals surface area contributed by atoms with E-state index in [9.17, 15) is 14.4 Å². The van der Waals surface area contributed by atoms with Crippen molar-refractivity contribution >= 4 is 39.2 Å². The minimum Gasteiger partial charge on any atom is -0.468 e. The average molecular weight is 410 g/mol. The molecule has 0 bridgehead atoms. The fourth-order valence-electron chi connectivity index (χ4n) is 2.90. The van der Waals surface area contributed by atoms with Crippen LogP contribution in [0, 0.1) is 0 Å². The van der Waals surface area contributed by atoms with Crippen LogP contribution < -0.4 is 0 Å². The van der Waals surface area contributed by atoms with Gasteiger partial charge in [-0.15, -0.1) is 11.3 Å². The normalized spacial score (nSPS) is 10.7. The molecule has 150 valence electrons. The second kappa shape index (κ2) is 9.43. The van der Waals surface area contributed by atoms with Crippen LogP contribution in [0.25, 0.3) is 21.3 Å². The van der Waals surface area contributed by atoms with Crippen molar-refractivity contribution in [1.82, 2.24) is 9.88 Å². The molecule has 0 radical (unpaired) electrons. The predicted molar refractivity (Wildman–Crippen MR) is 113 cm³/mol. The first-order valence-electron chi connectivity index (χ1n) is 9.23. The molecule has 2 aromatic carbocycles. The number of ether oxygens (including phenoxy) is 1. The molecular formula is C22H22N2O4S. The zero-order valence-corrected chi connectivity index (χ0v) is 17.2. The van der Waals surface area contributed by atoms with Crippen LogP contribution in [0.15, 0.2) is 48.5 Å². The third-order valence-corrected chi connectivity index (χ3v) is 5.54. The number of esters is 1. The number of likely N-dealkylation sites (N-methyl/N-ethyl adjacent to an activating group) is 1. The first-order chi connectivity index (χ1) is 14.0. The Hall–Kier alpha value is -3.06. The van der Waals surface area contributed by atoms with Crippen LogP contribution in [-0.4, -0.2) is 48.2 Å². The Morgan fingerprint density at radius 3 is 2.52 bits per heavy atom. The Morgan fingerprint density at radius 2 is 1.79 bits per heavy atom. The molecule has 7 heteroatoms. The molecule has 0 unspecified atom stereocenters. The summed E-state index contributed by atoms with van der Waals surface area (Å²) in [5.41, 5.74) is 3.11. The maximum Gasteiger partial charge on any atom is 0.325 e. The van der Waals surface area contributed by atoms with E-state index in [1.807, 2.05) is 30.3 Å². The number of aromatic nitrogens is 1. The highest BCUT2D eigenvalue weighted by molar-refractivity contribution is 7.18. The van der Waals surface area contributed by atoms with Crippen molar-refractivity contribution in [3.8, 4) is 11.1 Å². The highest BCUT2D eigenvalue weighted by atomic mass is 32.1. The molecule has 0 atom stereocenters. The lowest BCUT2D eigenvalue weighted by atomic mass is 10.1. The van der Waals surface area contributed by atoms with Crippen LogP contribution in [0.5, 0.6) is 0 Å². The number of benzene rings is 2. The maximum atomic E-state index is 12.3. The molecule has 0 N–H and O–H groups in total. The molecule has 1 aromatic heterocycles. The first kappa shape index (κ1) is 20.7. The van der Waals surface area contributed by atoms with E-state index in [1.54, 1.807) is 0 Å². The SMILES string of the molecule is COC(=O)CN(C)C(=O)CCC(=O)Cc1nc2ccc(-c3ccccc3)cc2s1. The highest BCUT2D eigenvalue weighted by Gasteiger charge is 2.16. The topological polar surface area (TPSA) is 76.6 Å². The van der Waals surface area contributed by atoms with Gasteiger partial charge in [0.2, 0.25) is 5.91 Å². The van der Waals surface area contributed by atoms with Gasteiger partial charge in [-0.05, 0) is 23.3 Å². The minimum absolute atomic E-state index is 0.0489. The number of amides is 1. The molecule has 0 aliphatic heterocycles. The van der Waals surface area contributed by atoms with Crippen molar-refractivity contribution in [2.24, 2.45) is 0 Å². The van der Waals surface area contributed by atoms with Crippen LogP contribution >= 0.6 is 11.3 Å². The van der Waals surface area contributed by atoms with Crippen LogP contribution in [0.4, 0.5) is 0 Å². The van der Waals surface area contributed by atoms with Crippen molar-refractivity contribution in [2.45, 2.75) is 19.3 Å². The van der Waals surface area contributed by atoms with E-state index < -0.39 is 5.97 Å². The molecule has 0 fully saturated rings. The quantitative estimate of drug-likeness (QED) is 0.532. The van der Waals surface area contributed by atoms with Crippen molar-refractivity contribution in [2.75, 3.05) is 20.7 Å². The second-order valence-corrected chi connectivity index (χ2v) is 7.81. The average Bonchev–Trinajstić information content (AvgIpc) is 3.13. The minimum atomic E-state index is -0.489. The molecule has 0 spiro atoms. The van der Waals surface area contributed by atoms with Gasteiger partial charge in [0, 0.05) is 19.9 Å². The van der Waals surface area contributed by atoms with Crippen LogP contribution in [-0.2, 0) is 25.5 Å². The van der Waals surface area contributed by atoms with Gasteiger partial charge in [-0.25, -0.2) is 4.98 Å². The summed E-state index contributed by atoms with van der Waals surface area (Å²) in [6.45, 7) is -0.120. The number of fused-ring (bicyclic) bond motifs is 1. The van der Waals surface area contributed by atoms with E-state index in [4.69, 9.17) is 0 Å². The van der Waals surface area contributed by atoms with Gasteiger partial charge in [0.05, 0.1) is 23.7 Å². The summed E-state index contributed by atoms with van der Waals surface area (Å²) in [7, 11) is 2.78. The Balaban J connectivity index is 1.59. The smallest absolute Gasteiger partial charge is 0.325 e. The van der Waals surface area contributed by atoms with Gasteiger partial charge in [-0.1, -0.05) is 36.4 Å². The number of Topliss-reactive ketones (excluding diaryl/α,β-unsaturated/α-hetero) is 1. The van der Waals surface area contributed by atoms with E-state index in [-0.39, 0.29) is 37.5 Å². The molecule has 0 aliphatic carbocycles. The van der Waals surface area contributed by atoms with Gasteiger partial charge in [-0.3, -0.25) is 14.4 Å². The molecule has 6 nitrogen and oxygen atoms in total. The Kier molecular flexibility index (Phi) is 6.72. The summed E-state index contributed by atoms with van der Waals surface area (Å²) in [4.78, 5) is 41.3. The number of rotatable bonds is 8. The predicted octanol–water partition coefficient (Wildman–Crippen LogP) is 3.49. The lowest BCUT2D eigenvalue weighted by Crippen LogP contribution is -2.32. The number of hydrogen-bond donors (Lipinski definition) is 0. The summed E-state index contributed by atoms with van der Waals surface area (Å²) in [6, 6.07) is 16.2. The Morgan fingerprint density at radius 1 is 1.03 bits per heavy atom. The molecule has 0 saturated heterocycles. The number of carbonyl (C=O) groups is 3. The molecule has 3 aromatic rings. The molecule has 1 heterocycles. The van der Waals surface area contributed by atoms with Crippen LogP contribution in [0.3, 0.4) is 0 Å². The molecule has 0 saturated carbocycles. The van der Waals surface area contributed by atoms with Crippen molar-refractivity contribution < 1.29 is 19.1 Å². The van der Waals surface area contributed by atoms with Gasteiger partial charge in [0.15, 0.2) is 0 Å². The zero-order chi connectivity index (χ0) is 20.8. The third kappa shape index (κ3) is 5.48. The van der Waals surface area contributed by atoms with E-state index in [2.05, 4.69) is 27.9 Å². The van der Waals surface area contributed by atoms with Gasteiger partial charge >= 0.3 is 5.97 Å². The van der Waals surface area contributed by atoms with E-state index in [0.717, 1.165) is 26.4 Å². The number of thiazole rings is 1. The van der Waals surface area contributed by atoms with E-state index >= 15 is 0 Å². The lowest BCUT2D eigenvalue weighted by molar-refractivity contribution is -0.146. The number of carbonyl (C=O) groups excluding carboxylic acids is 3. The number of hydrogen-bond acceptors (Lipinski definition) is 6. The highest BCUT2D eigenvalue weighted by Crippen LogP contribution is 2.28. The van der Waals surface area contributed by atoms with Crippen molar-refractivity contribution in [3.05, 3.63) is 53.5 Å². The largest absolute Gasteiger partial charge is 0.468 e. The summed E-state index contributed by atoms with van der Waals surface area (Å²) in [5.74, 6) is -0.802. The summed E-state index contributed by atoms with van der Waals surface area (Å²) < 4.78 is 5.56. The summed E-state index contributed by atoms with van der Waals surface area (Å²) in [6.07, 6.45) is 0.388. The van der Waals surface area contributed by atoms with E-state index in [1.165, 1.54) is 30.4 Å². The first-order valence-corrected chi connectivity index (χ1v) is 10.1. The van der Waals surface area contributed by atoms with Gasteiger partial charge in [-0.2, -0.15) is 0 Å². The van der Waals surface area contributed by atoms with Crippen LogP contribution in [0.1, 0.15) is 17.8 Å². The number of nitrogens with zero attached hydrogens (tertiary/aromatic N) is 2. The fraction of sp³-hybridized carbons (Fsp3) is 0.273. The molecule has 29 heavy (non-hydrogen) atoms. The monoisotopic (exact) mass is 410 g/mol. The fourth-order valence-corrected chi connectivity index (χ4v) is 3.93. The number of methoxy groups -OCH3 is 1. The zero-order valence-electron chi connectivity index (χ0n) is 16.4. The summed E-state index contributed by atoms with van der Waals surface area (Å²) in [5, 5.41) is 0.741. The molecule has 0 aliphatic rings. The Labute approximate surface area is 173 Å². The van der Waals surface area contributed by atoms with Crippen molar-refractivity contribution in [3.63, 3.8) is 0 Å². The van der Waals surface area contributed by atoms with Gasteiger partial charge in [0.1, 0.15) is 17.3 Å². The standard InChI is InChI=1S/C22H22N2O4S/c1-24(14-22(27)28-2)21(26)11-9-17(25)13-20-23-18-10-8-16(12-19(18)29-20)15-6-4-3-5-7-15/h3-8,10,12H,9,11,13-14H2,1-2H3. The Bertz CT molecular complexity index is 1030. The summed E-state index contributed by atoms with van der Waals surface area (Å²) >= 11 is 1.50. The maximum absolute atomic E-state index is 12.3. The van der Waals surface area contributed by atoms with Crippen LogP contribution in [0.2, 0.25) is 0 Å². The van der Waals surface area contributed by atoms with E-state index in [0.29, 0.717) is 0 Å². The van der Waals surface area contributed by atoms with Crippen molar-refractivity contribution in [1.29, 1.82) is 0 Å². The molecule has 1 amide bonds. The molecular weight excluding hydrogens is 388 g/mol. The van der Waals surface area contributed by atoms with Gasteiger partial charge in [0.25, 0.3) is 0 Å². The number of ketones is 1. The lowest BCUT2D eigenvalue weighted by Gasteiger charge is -2.15. The van der Waals surface area contributed by atoms with Gasteiger partial charge < -0.3 is 9.64 Å².